The Hall–Kier alpha value is -0.660. The van der Waals surface area contributed by atoms with Gasteiger partial charge in [-0.15, -0.1) is 92.9 Å². The fraction of sp³-hybridized carbons (Fsp3) is 0.441. The molecule has 0 heterocycles. The van der Waals surface area contributed by atoms with Crippen molar-refractivity contribution >= 4 is 53.2 Å². The molecular formula is C34H49Cl2SiZr-3. The third-order valence-corrected chi connectivity index (χ3v) is 7.24. The van der Waals surface area contributed by atoms with E-state index in [-0.39, 0.29) is 24.8 Å². The maximum atomic E-state index is 3.60. The molecule has 4 heteroatoms. The van der Waals surface area contributed by atoms with Crippen LogP contribution in [0.5, 0.6) is 0 Å². The molecule has 0 bridgehead atoms. The van der Waals surface area contributed by atoms with Crippen molar-refractivity contribution in [3.8, 4) is 0 Å². The molecule has 2 radical (unpaired) electrons. The van der Waals surface area contributed by atoms with E-state index in [2.05, 4.69) is 126 Å². The Balaban J connectivity index is 0. The predicted octanol–water partition coefficient (Wildman–Crippen LogP) is 11.3. The Bertz CT molecular complexity index is 1160. The van der Waals surface area contributed by atoms with Crippen molar-refractivity contribution in [3.05, 3.63) is 87.8 Å². The first-order valence-corrected chi connectivity index (χ1v) is 17.5. The predicted molar refractivity (Wildman–Crippen MR) is 176 cm³/mol. The molecule has 0 saturated carbocycles. The van der Waals surface area contributed by atoms with Crippen LogP contribution in [0, 0.1) is 48.5 Å². The van der Waals surface area contributed by atoms with Crippen LogP contribution in [0.25, 0.3) is 21.5 Å². The van der Waals surface area contributed by atoms with E-state index in [4.69, 9.17) is 0 Å². The second-order valence-corrected chi connectivity index (χ2v) is 10.6. The van der Waals surface area contributed by atoms with Gasteiger partial charge in [0.2, 0.25) is 0 Å². The van der Waals surface area contributed by atoms with Gasteiger partial charge in [-0.2, -0.15) is 17.5 Å². The van der Waals surface area contributed by atoms with E-state index in [9.17, 15) is 0 Å². The van der Waals surface area contributed by atoms with Gasteiger partial charge in [0, 0.05) is 0 Å². The summed E-state index contributed by atoms with van der Waals surface area (Å²) in [5, 5.41) is 5.86. The van der Waals surface area contributed by atoms with Gasteiger partial charge in [0.1, 0.15) is 0 Å². The molecule has 38 heavy (non-hydrogen) atoms. The number of unbranched alkanes of at least 4 members (excludes halogenated alkanes) is 1. The summed E-state index contributed by atoms with van der Waals surface area (Å²) in [5.41, 5.74) is 11.5. The van der Waals surface area contributed by atoms with Crippen LogP contribution in [0.4, 0.5) is 0 Å². The molecule has 4 aromatic carbocycles. The Kier molecular flexibility index (Phi) is 19.4. The van der Waals surface area contributed by atoms with Gasteiger partial charge >= 0.3 is 30.2 Å². The molecule has 0 N–H and O–H groups in total. The molecule has 0 amide bonds. The van der Waals surface area contributed by atoms with Gasteiger partial charge in [0.25, 0.3) is 0 Å². The van der Waals surface area contributed by atoms with E-state index in [0.29, 0.717) is 11.8 Å². The van der Waals surface area contributed by atoms with Gasteiger partial charge in [0.05, 0.1) is 0 Å². The Morgan fingerprint density at radius 2 is 0.974 bits per heavy atom. The maximum absolute atomic E-state index is 3.60. The van der Waals surface area contributed by atoms with E-state index in [1.807, 2.05) is 0 Å². The monoisotopic (exact) mass is 645 g/mol. The number of benzene rings is 2. The van der Waals surface area contributed by atoms with E-state index in [1.165, 1.54) is 95.8 Å². The van der Waals surface area contributed by atoms with Crippen molar-refractivity contribution in [1.82, 2.24) is 0 Å². The van der Waals surface area contributed by atoms with Gasteiger partial charge in [-0.05, 0) is 11.8 Å². The van der Waals surface area contributed by atoms with Crippen LogP contribution in [0.15, 0.2) is 36.4 Å². The molecule has 0 unspecified atom stereocenters. The molecule has 4 rings (SSSR count). The Labute approximate surface area is 263 Å². The second kappa shape index (κ2) is 18.6. The zero-order chi connectivity index (χ0) is 27.7. The van der Waals surface area contributed by atoms with Crippen molar-refractivity contribution in [2.45, 2.75) is 101 Å². The standard InChI is InChI=1S/2C15H19.C4H9.2ClH.Si.Zr/c2*1-9(2)13-7-6-10(3)14-8-11(4)12(5)15(13)14;1-3-4-2;;;;/h2*6-9H,1-5H3;1,3-4H2,2H3;2*1H;;/q3*-1;;;;. The SMILES string of the molecule is Cc1[cH-]c2c(C)ccc(C(C)C)c2c1C.Cc1[cH-]c2c(C)ccc(C(C)C)c2c1C.Cl.Cl.[CH2-]CCC.[Si]=[Zr]. The second-order valence-electron chi connectivity index (χ2n) is 10.6. The number of aryl methyl sites for hydroxylation is 6. The van der Waals surface area contributed by atoms with Crippen LogP contribution in [0.2, 0.25) is 0 Å². The number of halogens is 2. The fourth-order valence-corrected chi connectivity index (χ4v) is 4.70. The van der Waals surface area contributed by atoms with Crippen molar-refractivity contribution in [1.29, 1.82) is 0 Å². The minimum atomic E-state index is 0. The number of fused-ring (bicyclic) bond motifs is 2. The summed E-state index contributed by atoms with van der Waals surface area (Å²) in [6.07, 6.45) is 2.28. The van der Waals surface area contributed by atoms with Gasteiger partial charge in [-0.1, -0.05) is 106 Å². The first-order chi connectivity index (χ1) is 17.0. The molecule has 0 spiro atoms. The molecule has 0 saturated heterocycles. The molecule has 0 atom stereocenters. The summed E-state index contributed by atoms with van der Waals surface area (Å²) >= 11 is 1.36. The summed E-state index contributed by atoms with van der Waals surface area (Å²) in [7, 11) is 0. The van der Waals surface area contributed by atoms with Crippen molar-refractivity contribution in [3.63, 3.8) is 0 Å². The fourth-order valence-electron chi connectivity index (χ4n) is 4.70. The topological polar surface area (TPSA) is 0 Å². The Morgan fingerprint density at radius 1 is 0.684 bits per heavy atom. The molecule has 210 valence electrons. The summed E-state index contributed by atoms with van der Waals surface area (Å²) in [4.78, 5) is 0. The van der Waals surface area contributed by atoms with Crippen molar-refractivity contribution < 1.29 is 23.3 Å². The van der Waals surface area contributed by atoms with Crippen LogP contribution in [0.3, 0.4) is 0 Å². The number of hydrogen-bond acceptors (Lipinski definition) is 0. The summed E-state index contributed by atoms with van der Waals surface area (Å²) in [6.45, 7) is 31.2. The molecule has 0 aromatic heterocycles. The number of rotatable bonds is 3. The first kappa shape index (κ1) is 39.5. The van der Waals surface area contributed by atoms with E-state index >= 15 is 0 Å². The molecule has 0 aliphatic carbocycles. The molecular weight excluding hydrogens is 599 g/mol. The van der Waals surface area contributed by atoms with Crippen LogP contribution >= 0.6 is 24.8 Å². The quantitative estimate of drug-likeness (QED) is 0.153. The van der Waals surface area contributed by atoms with Crippen molar-refractivity contribution in [2.75, 3.05) is 0 Å². The third-order valence-electron chi connectivity index (χ3n) is 7.24. The molecule has 4 aromatic rings. The first-order valence-electron chi connectivity index (χ1n) is 13.3. The average Bonchev–Trinajstić information content (AvgIpc) is 3.33. The summed E-state index contributed by atoms with van der Waals surface area (Å²) in [6, 6.07) is 13.7. The van der Waals surface area contributed by atoms with E-state index in [1.54, 1.807) is 0 Å². The molecule has 0 aliphatic heterocycles. The summed E-state index contributed by atoms with van der Waals surface area (Å²) in [5.74, 6) is 1.21. The van der Waals surface area contributed by atoms with Gasteiger partial charge in [-0.25, -0.2) is 0 Å². The summed E-state index contributed by atoms with van der Waals surface area (Å²) < 4.78 is 0. The Morgan fingerprint density at radius 3 is 1.21 bits per heavy atom. The van der Waals surface area contributed by atoms with Crippen molar-refractivity contribution in [2.24, 2.45) is 0 Å². The van der Waals surface area contributed by atoms with E-state index in [0.717, 1.165) is 6.42 Å². The minimum absolute atomic E-state index is 0. The molecule has 0 nitrogen and oxygen atoms in total. The molecule has 0 fully saturated rings. The normalized spacial score (nSPS) is 10.0. The van der Waals surface area contributed by atoms with E-state index < -0.39 is 0 Å². The van der Waals surface area contributed by atoms with Crippen LogP contribution in [0.1, 0.15) is 104 Å². The van der Waals surface area contributed by atoms with Crippen LogP contribution in [-0.2, 0) is 23.3 Å². The average molecular weight is 648 g/mol. The third kappa shape index (κ3) is 9.47. The van der Waals surface area contributed by atoms with Gasteiger partial charge in [0.15, 0.2) is 0 Å². The van der Waals surface area contributed by atoms with Gasteiger partial charge < -0.3 is 6.92 Å². The number of hydrogen-bond donors (Lipinski definition) is 0. The van der Waals surface area contributed by atoms with Crippen LogP contribution < -0.4 is 0 Å². The van der Waals surface area contributed by atoms with Gasteiger partial charge in [-0.3, -0.25) is 0 Å². The zero-order valence-corrected chi connectivity index (χ0v) is 30.6. The zero-order valence-electron chi connectivity index (χ0n) is 25.6. The molecule has 0 aliphatic rings. The van der Waals surface area contributed by atoms with Crippen LogP contribution in [-0.4, -0.2) is 6.88 Å².